The molecular weight excluding hydrogens is 252 g/mol. The highest BCUT2D eigenvalue weighted by molar-refractivity contribution is 6.32. The first-order chi connectivity index (χ1) is 8.67. The zero-order chi connectivity index (χ0) is 13.4. The van der Waals surface area contributed by atoms with Crippen molar-refractivity contribution in [3.63, 3.8) is 0 Å². The van der Waals surface area contributed by atoms with E-state index in [-0.39, 0.29) is 19.1 Å². The lowest BCUT2D eigenvalue weighted by Gasteiger charge is -2.09. The quantitative estimate of drug-likeness (QED) is 0.754. The molecule has 5 heteroatoms. The van der Waals surface area contributed by atoms with Gasteiger partial charge in [0.25, 0.3) is 5.91 Å². The van der Waals surface area contributed by atoms with Gasteiger partial charge in [0.1, 0.15) is 5.75 Å². The Morgan fingerprint density at radius 2 is 2.33 bits per heavy atom. The summed E-state index contributed by atoms with van der Waals surface area (Å²) in [6, 6.07) is 5.37. The van der Waals surface area contributed by atoms with Crippen LogP contribution < -0.4 is 15.8 Å². The summed E-state index contributed by atoms with van der Waals surface area (Å²) in [5.74, 6) is 2.49. The molecule has 0 unspecified atom stereocenters. The molecule has 0 aliphatic rings. The Labute approximate surface area is 111 Å². The average Bonchev–Trinajstić information content (AvgIpc) is 2.35. The minimum Gasteiger partial charge on any atom is -0.482 e. The molecule has 1 amide bonds. The van der Waals surface area contributed by atoms with Gasteiger partial charge in [-0.25, -0.2) is 0 Å². The third-order valence-corrected chi connectivity index (χ3v) is 2.47. The number of benzene rings is 1. The summed E-state index contributed by atoms with van der Waals surface area (Å²) < 4.78 is 5.28. The van der Waals surface area contributed by atoms with Gasteiger partial charge in [-0.1, -0.05) is 23.6 Å². The lowest BCUT2D eigenvalue weighted by Crippen LogP contribution is -2.29. The monoisotopic (exact) mass is 266 g/mol. The number of hydrogen-bond acceptors (Lipinski definition) is 3. The summed E-state index contributed by atoms with van der Waals surface area (Å²) in [4.78, 5) is 11.3. The molecule has 0 fully saturated rings. The van der Waals surface area contributed by atoms with Crippen molar-refractivity contribution in [2.45, 2.75) is 6.42 Å². The number of terminal acetylenes is 1. The minimum absolute atomic E-state index is 0.113. The molecular formula is C13H15ClN2O2. The van der Waals surface area contributed by atoms with Gasteiger partial charge in [0.15, 0.2) is 6.61 Å². The number of halogens is 1. The van der Waals surface area contributed by atoms with E-state index in [1.165, 1.54) is 0 Å². The van der Waals surface area contributed by atoms with Gasteiger partial charge in [0.2, 0.25) is 0 Å². The smallest absolute Gasteiger partial charge is 0.258 e. The van der Waals surface area contributed by atoms with Gasteiger partial charge in [-0.2, -0.15) is 0 Å². The Hall–Kier alpha value is -1.70. The molecule has 4 nitrogen and oxygen atoms in total. The molecule has 0 heterocycles. The van der Waals surface area contributed by atoms with Crippen LogP contribution in [0.25, 0.3) is 0 Å². The number of hydrogen-bond donors (Lipinski definition) is 2. The lowest BCUT2D eigenvalue weighted by atomic mass is 10.1. The third-order valence-electron chi connectivity index (χ3n) is 2.18. The molecule has 0 atom stereocenters. The first-order valence-corrected chi connectivity index (χ1v) is 5.86. The van der Waals surface area contributed by atoms with Gasteiger partial charge in [-0.05, 0) is 30.7 Å². The number of rotatable bonds is 6. The summed E-state index contributed by atoms with van der Waals surface area (Å²) in [5, 5.41) is 2.96. The molecule has 1 aromatic carbocycles. The molecule has 0 spiro atoms. The molecule has 0 aromatic heterocycles. The van der Waals surface area contributed by atoms with E-state index in [1.54, 1.807) is 12.1 Å². The molecule has 0 aliphatic heterocycles. The van der Waals surface area contributed by atoms with Crippen LogP contribution in [0.3, 0.4) is 0 Å². The number of carbonyl (C=O) groups excluding carboxylic acids is 1. The Morgan fingerprint density at radius 1 is 1.56 bits per heavy atom. The topological polar surface area (TPSA) is 64.3 Å². The van der Waals surface area contributed by atoms with Crippen molar-refractivity contribution >= 4 is 17.5 Å². The van der Waals surface area contributed by atoms with E-state index in [9.17, 15) is 4.79 Å². The van der Waals surface area contributed by atoms with Gasteiger partial charge >= 0.3 is 0 Å². The molecule has 0 saturated heterocycles. The molecule has 0 aliphatic carbocycles. The van der Waals surface area contributed by atoms with Crippen molar-refractivity contribution in [2.24, 2.45) is 5.73 Å². The van der Waals surface area contributed by atoms with Gasteiger partial charge in [-0.15, -0.1) is 6.42 Å². The Balaban J connectivity index is 2.52. The second kappa shape index (κ2) is 7.59. The van der Waals surface area contributed by atoms with Crippen LogP contribution in [0.1, 0.15) is 5.56 Å². The number of nitrogens with two attached hydrogens (primary N) is 1. The van der Waals surface area contributed by atoms with Gasteiger partial charge in [-0.3, -0.25) is 4.79 Å². The van der Waals surface area contributed by atoms with Crippen LogP contribution in [0.15, 0.2) is 18.2 Å². The molecule has 0 radical (unpaired) electrons. The van der Waals surface area contributed by atoms with Crippen LogP contribution in [0, 0.1) is 12.3 Å². The molecule has 96 valence electrons. The van der Waals surface area contributed by atoms with Crippen molar-refractivity contribution in [1.82, 2.24) is 5.32 Å². The summed E-state index contributed by atoms with van der Waals surface area (Å²) in [7, 11) is 0. The van der Waals surface area contributed by atoms with E-state index in [0.29, 0.717) is 17.3 Å². The summed E-state index contributed by atoms with van der Waals surface area (Å²) >= 11 is 6.02. The predicted molar refractivity (Wildman–Crippen MR) is 71.5 cm³/mol. The van der Waals surface area contributed by atoms with E-state index < -0.39 is 0 Å². The van der Waals surface area contributed by atoms with E-state index in [2.05, 4.69) is 11.2 Å². The highest BCUT2D eigenvalue weighted by Crippen LogP contribution is 2.25. The Bertz CT molecular complexity index is 455. The standard InChI is InChI=1S/C13H15ClN2O2/c1-2-7-16-13(17)9-18-12-4-3-10(5-6-15)8-11(12)14/h1,3-4,8H,5-7,9,15H2,(H,16,17). The number of nitrogens with one attached hydrogen (secondary N) is 1. The van der Waals surface area contributed by atoms with Gasteiger partial charge in [0.05, 0.1) is 11.6 Å². The van der Waals surface area contributed by atoms with Crippen LogP contribution in [-0.2, 0) is 11.2 Å². The van der Waals surface area contributed by atoms with Crippen LogP contribution in [0.2, 0.25) is 5.02 Å². The SMILES string of the molecule is C#CCNC(=O)COc1ccc(CCN)cc1Cl. The molecule has 0 saturated carbocycles. The molecule has 18 heavy (non-hydrogen) atoms. The largest absolute Gasteiger partial charge is 0.482 e. The van der Waals surface area contributed by atoms with Crippen molar-refractivity contribution in [2.75, 3.05) is 19.7 Å². The summed E-state index contributed by atoms with van der Waals surface area (Å²) in [6.07, 6.45) is 5.77. The van der Waals surface area contributed by atoms with Crippen molar-refractivity contribution in [3.05, 3.63) is 28.8 Å². The maximum atomic E-state index is 11.3. The first-order valence-electron chi connectivity index (χ1n) is 5.49. The lowest BCUT2D eigenvalue weighted by molar-refractivity contribution is -0.122. The van der Waals surface area contributed by atoms with Crippen LogP contribution in [-0.4, -0.2) is 25.6 Å². The minimum atomic E-state index is -0.282. The second-order valence-corrected chi connectivity index (χ2v) is 3.98. The van der Waals surface area contributed by atoms with E-state index in [1.807, 2.05) is 6.07 Å². The van der Waals surface area contributed by atoms with Crippen molar-refractivity contribution in [3.8, 4) is 18.1 Å². The average molecular weight is 267 g/mol. The normalized spacial score (nSPS) is 9.61. The van der Waals surface area contributed by atoms with E-state index >= 15 is 0 Å². The van der Waals surface area contributed by atoms with Crippen LogP contribution in [0.4, 0.5) is 0 Å². The molecule has 1 aromatic rings. The molecule has 3 N–H and O–H groups in total. The highest BCUT2D eigenvalue weighted by atomic mass is 35.5. The zero-order valence-corrected chi connectivity index (χ0v) is 10.7. The summed E-state index contributed by atoms with van der Waals surface area (Å²) in [5.41, 5.74) is 6.48. The van der Waals surface area contributed by atoms with E-state index in [4.69, 9.17) is 28.5 Å². The van der Waals surface area contributed by atoms with Crippen LogP contribution >= 0.6 is 11.6 Å². The van der Waals surface area contributed by atoms with Crippen molar-refractivity contribution in [1.29, 1.82) is 0 Å². The predicted octanol–water partition coefficient (Wildman–Crippen LogP) is 0.969. The fourth-order valence-electron chi connectivity index (χ4n) is 1.33. The number of ether oxygens (including phenoxy) is 1. The molecule has 1 rings (SSSR count). The zero-order valence-electron chi connectivity index (χ0n) is 9.91. The third kappa shape index (κ3) is 4.66. The van der Waals surface area contributed by atoms with Crippen molar-refractivity contribution < 1.29 is 9.53 Å². The van der Waals surface area contributed by atoms with E-state index in [0.717, 1.165) is 12.0 Å². The second-order valence-electron chi connectivity index (χ2n) is 3.57. The fraction of sp³-hybridized carbons (Fsp3) is 0.308. The highest BCUT2D eigenvalue weighted by Gasteiger charge is 2.06. The Morgan fingerprint density at radius 3 is 2.94 bits per heavy atom. The van der Waals surface area contributed by atoms with Gasteiger partial charge in [0, 0.05) is 0 Å². The number of carbonyl (C=O) groups is 1. The maximum Gasteiger partial charge on any atom is 0.258 e. The van der Waals surface area contributed by atoms with Crippen LogP contribution in [0.5, 0.6) is 5.75 Å². The molecule has 0 bridgehead atoms. The summed E-state index contributed by atoms with van der Waals surface area (Å²) in [6.45, 7) is 0.633. The fourth-order valence-corrected chi connectivity index (χ4v) is 1.59. The first kappa shape index (κ1) is 14.4. The Kier molecular flexibility index (Phi) is 6.06. The maximum absolute atomic E-state index is 11.3. The van der Waals surface area contributed by atoms with Gasteiger partial charge < -0.3 is 15.8 Å². The number of amides is 1.